The van der Waals surface area contributed by atoms with Crippen LogP contribution in [0.25, 0.3) is 10.2 Å². The van der Waals surface area contributed by atoms with Crippen LogP contribution >= 0.6 is 11.3 Å². The second-order valence-electron chi connectivity index (χ2n) is 7.27. The molecule has 0 aromatic carbocycles. The summed E-state index contributed by atoms with van der Waals surface area (Å²) in [5, 5.41) is 1.35. The Bertz CT molecular complexity index is 700. The molecular weight excluding hydrogens is 304 g/mol. The van der Waals surface area contributed by atoms with Gasteiger partial charge in [0, 0.05) is 24.0 Å². The predicted octanol–water partition coefficient (Wildman–Crippen LogP) is 3.49. The number of aryl methyl sites for hydroxylation is 2. The summed E-state index contributed by atoms with van der Waals surface area (Å²) >= 11 is 1.88. The molecule has 124 valence electrons. The number of hydrogen-bond donors (Lipinski definition) is 0. The first-order valence-electron chi connectivity index (χ1n) is 8.79. The van der Waals surface area contributed by atoms with Gasteiger partial charge in [0.15, 0.2) is 0 Å². The molecule has 0 unspecified atom stereocenters. The van der Waals surface area contributed by atoms with Gasteiger partial charge in [-0.1, -0.05) is 0 Å². The van der Waals surface area contributed by atoms with Crippen molar-refractivity contribution in [1.29, 1.82) is 0 Å². The third kappa shape index (κ3) is 2.64. The van der Waals surface area contributed by atoms with Crippen molar-refractivity contribution in [2.75, 3.05) is 26.0 Å². The SMILES string of the molecule is CN(C)C1CCC(N(C)c2ncnc3sc4c(c23)CCC4)CC1. The molecule has 2 aromatic rings. The van der Waals surface area contributed by atoms with E-state index in [9.17, 15) is 0 Å². The highest BCUT2D eigenvalue weighted by Gasteiger charge is 2.28. The number of aromatic nitrogens is 2. The number of rotatable bonds is 3. The van der Waals surface area contributed by atoms with Crippen molar-refractivity contribution in [2.45, 2.75) is 57.0 Å². The van der Waals surface area contributed by atoms with E-state index in [2.05, 4.69) is 35.9 Å². The summed E-state index contributed by atoms with van der Waals surface area (Å²) in [4.78, 5) is 16.8. The minimum absolute atomic E-state index is 0.612. The summed E-state index contributed by atoms with van der Waals surface area (Å²) in [6.45, 7) is 0. The van der Waals surface area contributed by atoms with Crippen LogP contribution in [0.15, 0.2) is 6.33 Å². The zero-order valence-electron chi connectivity index (χ0n) is 14.4. The highest BCUT2D eigenvalue weighted by atomic mass is 32.1. The molecule has 2 aliphatic rings. The molecule has 0 N–H and O–H groups in total. The van der Waals surface area contributed by atoms with Crippen LogP contribution in [0, 0.1) is 0 Å². The van der Waals surface area contributed by atoms with Crippen LogP contribution < -0.4 is 4.90 Å². The molecule has 4 nitrogen and oxygen atoms in total. The Morgan fingerprint density at radius 1 is 1.00 bits per heavy atom. The second kappa shape index (κ2) is 6.02. The summed E-state index contributed by atoms with van der Waals surface area (Å²) in [5.74, 6) is 1.17. The Labute approximate surface area is 142 Å². The van der Waals surface area contributed by atoms with Crippen molar-refractivity contribution in [3.8, 4) is 0 Å². The number of anilines is 1. The van der Waals surface area contributed by atoms with Crippen molar-refractivity contribution in [1.82, 2.24) is 14.9 Å². The van der Waals surface area contributed by atoms with E-state index in [-0.39, 0.29) is 0 Å². The number of hydrogen-bond acceptors (Lipinski definition) is 5. The molecule has 23 heavy (non-hydrogen) atoms. The maximum atomic E-state index is 4.70. The Morgan fingerprint density at radius 3 is 2.48 bits per heavy atom. The molecule has 5 heteroatoms. The smallest absolute Gasteiger partial charge is 0.141 e. The molecule has 0 spiro atoms. The lowest BCUT2D eigenvalue weighted by Crippen LogP contribution is -2.40. The van der Waals surface area contributed by atoms with Gasteiger partial charge in [-0.2, -0.15) is 0 Å². The first-order chi connectivity index (χ1) is 11.1. The van der Waals surface area contributed by atoms with Gasteiger partial charge in [0.2, 0.25) is 0 Å². The van der Waals surface area contributed by atoms with Gasteiger partial charge in [0.1, 0.15) is 17.0 Å². The fraction of sp³-hybridized carbons (Fsp3) is 0.667. The van der Waals surface area contributed by atoms with Gasteiger partial charge < -0.3 is 9.80 Å². The van der Waals surface area contributed by atoms with E-state index < -0.39 is 0 Å². The fourth-order valence-corrected chi connectivity index (χ4v) is 5.54. The summed E-state index contributed by atoms with van der Waals surface area (Å²) in [6.07, 6.45) is 10.6. The molecule has 0 amide bonds. The van der Waals surface area contributed by atoms with Crippen LogP contribution in [0.5, 0.6) is 0 Å². The van der Waals surface area contributed by atoms with Gasteiger partial charge in [-0.3, -0.25) is 0 Å². The van der Waals surface area contributed by atoms with Crippen LogP contribution in [0.1, 0.15) is 42.5 Å². The van der Waals surface area contributed by atoms with Crippen LogP contribution in [0.4, 0.5) is 5.82 Å². The van der Waals surface area contributed by atoms with E-state index in [0.29, 0.717) is 6.04 Å². The second-order valence-corrected chi connectivity index (χ2v) is 8.36. The maximum absolute atomic E-state index is 4.70. The lowest BCUT2D eigenvalue weighted by molar-refractivity contribution is 0.215. The summed E-state index contributed by atoms with van der Waals surface area (Å²) < 4.78 is 0. The Morgan fingerprint density at radius 2 is 1.74 bits per heavy atom. The van der Waals surface area contributed by atoms with E-state index in [1.807, 2.05) is 11.3 Å². The molecular formula is C18H26N4S. The van der Waals surface area contributed by atoms with Crippen molar-refractivity contribution in [3.05, 3.63) is 16.8 Å². The van der Waals surface area contributed by atoms with Gasteiger partial charge >= 0.3 is 0 Å². The molecule has 0 aliphatic heterocycles. The lowest BCUT2D eigenvalue weighted by atomic mass is 9.89. The molecule has 0 atom stereocenters. The highest BCUT2D eigenvalue weighted by molar-refractivity contribution is 7.19. The van der Waals surface area contributed by atoms with Crippen molar-refractivity contribution < 1.29 is 0 Å². The molecule has 0 radical (unpaired) electrons. The summed E-state index contributed by atoms with van der Waals surface area (Å²) in [5.41, 5.74) is 1.54. The first-order valence-corrected chi connectivity index (χ1v) is 9.61. The van der Waals surface area contributed by atoms with Crippen LogP contribution in [-0.2, 0) is 12.8 Å². The van der Waals surface area contributed by atoms with E-state index in [0.717, 1.165) is 6.04 Å². The van der Waals surface area contributed by atoms with E-state index in [1.54, 1.807) is 11.2 Å². The third-order valence-corrected chi connectivity index (χ3v) is 6.96. The average Bonchev–Trinajstić information content (AvgIpc) is 3.14. The number of fused-ring (bicyclic) bond motifs is 3. The maximum Gasteiger partial charge on any atom is 0.141 e. The number of nitrogens with zero attached hydrogens (tertiary/aromatic N) is 4. The van der Waals surface area contributed by atoms with Gasteiger partial charge in [0.25, 0.3) is 0 Å². The van der Waals surface area contributed by atoms with Crippen molar-refractivity contribution in [3.63, 3.8) is 0 Å². The van der Waals surface area contributed by atoms with Crippen LogP contribution in [0.3, 0.4) is 0 Å². The third-order valence-electron chi connectivity index (χ3n) is 5.76. The summed E-state index contributed by atoms with van der Waals surface area (Å²) in [6, 6.07) is 1.36. The highest BCUT2D eigenvalue weighted by Crippen LogP contribution is 2.41. The number of thiophene rings is 1. The minimum atomic E-state index is 0.612. The summed E-state index contributed by atoms with van der Waals surface area (Å²) in [7, 11) is 6.65. The zero-order valence-corrected chi connectivity index (χ0v) is 15.2. The van der Waals surface area contributed by atoms with Gasteiger partial charge in [-0.05, 0) is 64.6 Å². The Kier molecular flexibility index (Phi) is 4.01. The van der Waals surface area contributed by atoms with E-state index >= 15 is 0 Å². The van der Waals surface area contributed by atoms with Gasteiger partial charge in [0.05, 0.1) is 5.39 Å². The largest absolute Gasteiger partial charge is 0.356 e. The molecule has 1 fully saturated rings. The normalized spacial score (nSPS) is 24.3. The van der Waals surface area contributed by atoms with Crippen LogP contribution in [0.2, 0.25) is 0 Å². The molecule has 0 bridgehead atoms. The van der Waals surface area contributed by atoms with E-state index in [1.165, 1.54) is 66.5 Å². The predicted molar refractivity (Wildman–Crippen MR) is 97.6 cm³/mol. The monoisotopic (exact) mass is 330 g/mol. The fourth-order valence-electron chi connectivity index (χ4n) is 4.31. The Hall–Kier alpha value is -1.20. The molecule has 2 aliphatic carbocycles. The minimum Gasteiger partial charge on any atom is -0.356 e. The molecule has 2 heterocycles. The molecule has 2 aromatic heterocycles. The molecule has 0 saturated heterocycles. The van der Waals surface area contributed by atoms with Crippen molar-refractivity contribution in [2.24, 2.45) is 0 Å². The lowest BCUT2D eigenvalue weighted by Gasteiger charge is -2.37. The van der Waals surface area contributed by atoms with E-state index in [4.69, 9.17) is 4.98 Å². The Balaban J connectivity index is 1.62. The topological polar surface area (TPSA) is 32.3 Å². The first kappa shape index (κ1) is 15.3. The van der Waals surface area contributed by atoms with Crippen molar-refractivity contribution >= 4 is 27.4 Å². The quantitative estimate of drug-likeness (QED) is 0.862. The average molecular weight is 331 g/mol. The molecule has 4 rings (SSSR count). The zero-order chi connectivity index (χ0) is 16.0. The van der Waals surface area contributed by atoms with Crippen LogP contribution in [-0.4, -0.2) is 48.1 Å². The standard InChI is InChI=1S/C18H26N4S/c1-21(2)12-7-9-13(10-8-12)22(3)17-16-14-5-4-6-15(14)23-18(16)20-11-19-17/h11-13H,4-10H2,1-3H3. The van der Waals surface area contributed by atoms with Gasteiger partial charge in [-0.25, -0.2) is 9.97 Å². The molecule has 1 saturated carbocycles. The van der Waals surface area contributed by atoms with Gasteiger partial charge in [-0.15, -0.1) is 11.3 Å².